The van der Waals surface area contributed by atoms with Gasteiger partial charge < -0.3 is 19.1 Å². The third-order valence-corrected chi connectivity index (χ3v) is 5.15. The summed E-state index contributed by atoms with van der Waals surface area (Å²) in [7, 11) is 3.53. The van der Waals surface area contributed by atoms with Crippen molar-refractivity contribution in [2.24, 2.45) is 0 Å². The van der Waals surface area contributed by atoms with Crippen LogP contribution in [-0.2, 0) is 17.8 Å². The van der Waals surface area contributed by atoms with Crippen molar-refractivity contribution in [2.45, 2.75) is 20.0 Å². The zero-order valence-corrected chi connectivity index (χ0v) is 18.3. The van der Waals surface area contributed by atoms with Gasteiger partial charge in [0, 0.05) is 49.7 Å². The van der Waals surface area contributed by atoms with E-state index in [0.29, 0.717) is 30.3 Å². The Morgan fingerprint density at radius 3 is 2.62 bits per heavy atom. The third-order valence-electron chi connectivity index (χ3n) is 5.15. The largest absolute Gasteiger partial charge is 0.383 e. The van der Waals surface area contributed by atoms with Gasteiger partial charge >= 0.3 is 0 Å². The molecule has 0 aliphatic rings. The van der Waals surface area contributed by atoms with E-state index in [1.54, 1.807) is 30.1 Å². The fraction of sp³-hybridized carbons (Fsp3) is 0.250. The number of nitrogens with zero attached hydrogens (tertiary/aromatic N) is 4. The molecule has 0 amide bonds. The van der Waals surface area contributed by atoms with Gasteiger partial charge in [-0.2, -0.15) is 0 Å². The Kier molecular flexibility index (Phi) is 6.53. The van der Waals surface area contributed by atoms with E-state index in [1.807, 2.05) is 32.2 Å². The van der Waals surface area contributed by atoms with Crippen molar-refractivity contribution in [3.05, 3.63) is 76.5 Å². The maximum atomic E-state index is 12.1. The van der Waals surface area contributed by atoms with Gasteiger partial charge in [-0.1, -0.05) is 29.4 Å². The smallest absolute Gasteiger partial charge is 0.250 e. The van der Waals surface area contributed by atoms with Gasteiger partial charge in [-0.05, 0) is 25.6 Å². The van der Waals surface area contributed by atoms with Gasteiger partial charge in [-0.3, -0.25) is 9.78 Å². The predicted octanol–water partition coefficient (Wildman–Crippen LogP) is 3.30. The number of pyridine rings is 1. The van der Waals surface area contributed by atoms with Crippen molar-refractivity contribution in [3.8, 4) is 34.0 Å². The maximum Gasteiger partial charge on any atom is 0.250 e. The number of methoxy groups -OCH3 is 1. The van der Waals surface area contributed by atoms with Crippen LogP contribution in [0, 0.1) is 6.92 Å². The number of aryl methyl sites for hydroxylation is 1. The van der Waals surface area contributed by atoms with Crippen molar-refractivity contribution in [1.82, 2.24) is 25.0 Å². The summed E-state index contributed by atoms with van der Waals surface area (Å²) in [6.07, 6.45) is 3.46. The molecule has 4 rings (SSSR count). The Bertz CT molecular complexity index is 1260. The molecule has 0 saturated carbocycles. The average Bonchev–Trinajstić information content (AvgIpc) is 3.30. The molecular weight excluding hydrogens is 406 g/mol. The highest BCUT2D eigenvalue weighted by Crippen LogP contribution is 2.28. The van der Waals surface area contributed by atoms with Crippen LogP contribution in [-0.4, -0.2) is 40.5 Å². The summed E-state index contributed by atoms with van der Waals surface area (Å²) in [4.78, 5) is 21.3. The molecule has 8 heteroatoms. The normalized spacial score (nSPS) is 11.1. The Morgan fingerprint density at radius 1 is 1.09 bits per heavy atom. The van der Waals surface area contributed by atoms with Crippen LogP contribution in [0.2, 0.25) is 0 Å². The number of hydrogen-bond acceptors (Lipinski definition) is 7. The monoisotopic (exact) mass is 431 g/mol. The second kappa shape index (κ2) is 9.67. The minimum Gasteiger partial charge on any atom is -0.383 e. The molecule has 0 aliphatic heterocycles. The van der Waals surface area contributed by atoms with Crippen LogP contribution in [0.15, 0.2) is 64.2 Å². The molecule has 1 aromatic carbocycles. The van der Waals surface area contributed by atoms with E-state index in [0.717, 1.165) is 29.1 Å². The number of ether oxygens (including phenoxy) is 1. The summed E-state index contributed by atoms with van der Waals surface area (Å²) in [6.45, 7) is 3.60. The molecule has 164 valence electrons. The molecule has 0 atom stereocenters. The second-order valence-electron chi connectivity index (χ2n) is 7.44. The topological polar surface area (TPSA) is 95.1 Å². The summed E-state index contributed by atoms with van der Waals surface area (Å²) < 4.78 is 12.3. The van der Waals surface area contributed by atoms with Gasteiger partial charge in [-0.25, -0.2) is 4.98 Å². The van der Waals surface area contributed by atoms with E-state index in [-0.39, 0.29) is 5.56 Å². The molecule has 8 nitrogen and oxygen atoms in total. The van der Waals surface area contributed by atoms with Crippen molar-refractivity contribution in [3.63, 3.8) is 0 Å². The lowest BCUT2D eigenvalue weighted by atomic mass is 10.1. The maximum absolute atomic E-state index is 12.1. The molecule has 0 bridgehead atoms. The molecule has 32 heavy (non-hydrogen) atoms. The van der Waals surface area contributed by atoms with Crippen molar-refractivity contribution < 1.29 is 9.26 Å². The lowest BCUT2D eigenvalue weighted by molar-refractivity contribution is 0.186. The molecule has 0 saturated heterocycles. The van der Waals surface area contributed by atoms with E-state index >= 15 is 0 Å². The van der Waals surface area contributed by atoms with Crippen LogP contribution in [0.5, 0.6) is 0 Å². The zero-order valence-electron chi connectivity index (χ0n) is 18.3. The molecule has 0 radical (unpaired) electrons. The molecule has 3 heterocycles. The fourth-order valence-corrected chi connectivity index (χ4v) is 3.39. The van der Waals surface area contributed by atoms with Gasteiger partial charge in [0.1, 0.15) is 11.4 Å². The van der Waals surface area contributed by atoms with E-state index in [4.69, 9.17) is 14.2 Å². The van der Waals surface area contributed by atoms with Crippen molar-refractivity contribution in [2.75, 3.05) is 20.8 Å². The number of benzene rings is 1. The van der Waals surface area contributed by atoms with Gasteiger partial charge in [-0.15, -0.1) is 0 Å². The minimum atomic E-state index is -0.0910. The highest BCUT2D eigenvalue weighted by Gasteiger charge is 2.15. The first-order valence-corrected chi connectivity index (χ1v) is 10.3. The standard InChI is InChI=1S/C24H25N5O3/c1-16-24(22-12-20(28-32-22)18-6-4-17(5-7-18)13-25-2)27-21(14-26-16)19-8-9-23(30)29(15-19)10-11-31-3/h4-9,12,14-15,25H,10-11,13H2,1-3H3. The average molecular weight is 431 g/mol. The number of hydrogen-bond donors (Lipinski definition) is 1. The number of nitrogens with one attached hydrogen (secondary N) is 1. The lowest BCUT2D eigenvalue weighted by Crippen LogP contribution is -2.20. The van der Waals surface area contributed by atoms with Gasteiger partial charge in [0.25, 0.3) is 5.56 Å². The fourth-order valence-electron chi connectivity index (χ4n) is 3.39. The lowest BCUT2D eigenvalue weighted by Gasteiger charge is -2.09. The SMILES string of the molecule is CNCc1ccc(-c2cc(-c3nc(-c4ccc(=O)n(CCOC)c4)cnc3C)on2)cc1. The third kappa shape index (κ3) is 4.66. The minimum absolute atomic E-state index is 0.0910. The quantitative estimate of drug-likeness (QED) is 0.457. The molecule has 3 aromatic heterocycles. The van der Waals surface area contributed by atoms with E-state index in [9.17, 15) is 4.79 Å². The van der Waals surface area contributed by atoms with E-state index < -0.39 is 0 Å². The Labute approximate surface area is 185 Å². The number of aromatic nitrogens is 4. The van der Waals surface area contributed by atoms with Crippen LogP contribution in [0.3, 0.4) is 0 Å². The molecule has 1 N–H and O–H groups in total. The highest BCUT2D eigenvalue weighted by molar-refractivity contribution is 5.68. The summed E-state index contributed by atoms with van der Waals surface area (Å²) in [6, 6.07) is 13.3. The molecule has 0 aliphatic carbocycles. The Hall–Kier alpha value is -3.62. The first-order chi connectivity index (χ1) is 15.6. The van der Waals surface area contributed by atoms with Crippen LogP contribution < -0.4 is 10.9 Å². The summed E-state index contributed by atoms with van der Waals surface area (Å²) in [5.41, 5.74) is 5.58. The molecular formula is C24H25N5O3. The molecule has 4 aromatic rings. The summed E-state index contributed by atoms with van der Waals surface area (Å²) >= 11 is 0. The number of rotatable bonds is 8. The van der Waals surface area contributed by atoms with E-state index in [2.05, 4.69) is 27.6 Å². The van der Waals surface area contributed by atoms with Crippen molar-refractivity contribution in [1.29, 1.82) is 0 Å². The molecule has 0 fully saturated rings. The Morgan fingerprint density at radius 2 is 1.88 bits per heavy atom. The van der Waals surface area contributed by atoms with Crippen molar-refractivity contribution >= 4 is 0 Å². The summed E-state index contributed by atoms with van der Waals surface area (Å²) in [5.74, 6) is 0.541. The first-order valence-electron chi connectivity index (χ1n) is 10.3. The summed E-state index contributed by atoms with van der Waals surface area (Å²) in [5, 5.41) is 7.36. The first kappa shape index (κ1) is 21.6. The molecule has 0 unspecified atom stereocenters. The van der Waals surface area contributed by atoms with Crippen LogP contribution in [0.25, 0.3) is 34.0 Å². The van der Waals surface area contributed by atoms with E-state index in [1.165, 1.54) is 11.6 Å². The van der Waals surface area contributed by atoms with Gasteiger partial charge in [0.05, 0.1) is 24.2 Å². The Balaban J connectivity index is 1.65. The second-order valence-corrected chi connectivity index (χ2v) is 7.44. The van der Waals surface area contributed by atoms with Crippen LogP contribution >= 0.6 is 0 Å². The molecule has 0 spiro atoms. The predicted molar refractivity (Wildman–Crippen MR) is 122 cm³/mol. The zero-order chi connectivity index (χ0) is 22.5. The highest BCUT2D eigenvalue weighted by atomic mass is 16.5. The van der Waals surface area contributed by atoms with Gasteiger partial charge in [0.2, 0.25) is 0 Å². The van der Waals surface area contributed by atoms with Crippen LogP contribution in [0.1, 0.15) is 11.3 Å². The van der Waals surface area contributed by atoms with Gasteiger partial charge in [0.15, 0.2) is 5.76 Å². The van der Waals surface area contributed by atoms with Crippen LogP contribution in [0.4, 0.5) is 0 Å².